The van der Waals surface area contributed by atoms with Crippen molar-refractivity contribution < 1.29 is 19.1 Å². The third-order valence-corrected chi connectivity index (χ3v) is 6.13. The molecule has 0 bridgehead atoms. The van der Waals surface area contributed by atoms with Gasteiger partial charge < -0.3 is 20.3 Å². The molecular formula is C28H29N3O4. The largest absolute Gasteiger partial charge is 0.465 e. The summed E-state index contributed by atoms with van der Waals surface area (Å²) >= 11 is 0. The molecule has 2 amide bonds. The van der Waals surface area contributed by atoms with E-state index in [9.17, 15) is 14.4 Å². The van der Waals surface area contributed by atoms with Crippen molar-refractivity contribution in [2.45, 2.75) is 25.8 Å². The van der Waals surface area contributed by atoms with Crippen molar-refractivity contribution in [3.05, 3.63) is 95.1 Å². The third kappa shape index (κ3) is 6.26. The van der Waals surface area contributed by atoms with E-state index in [1.807, 2.05) is 0 Å². The summed E-state index contributed by atoms with van der Waals surface area (Å²) in [6.07, 6.45) is 2.59. The van der Waals surface area contributed by atoms with Gasteiger partial charge in [-0.05, 0) is 72.4 Å². The zero-order chi connectivity index (χ0) is 24.6. The van der Waals surface area contributed by atoms with Crippen LogP contribution in [0.3, 0.4) is 0 Å². The number of ether oxygens (including phenoxy) is 1. The van der Waals surface area contributed by atoms with E-state index in [1.54, 1.807) is 12.1 Å². The number of methoxy groups -OCH3 is 1. The van der Waals surface area contributed by atoms with E-state index in [1.165, 1.54) is 41.6 Å². The van der Waals surface area contributed by atoms with E-state index < -0.39 is 17.8 Å². The lowest BCUT2D eigenvalue weighted by Crippen LogP contribution is -2.36. The number of esters is 1. The smallest absolute Gasteiger partial charge is 0.337 e. The number of anilines is 2. The first kappa shape index (κ1) is 24.0. The maximum absolute atomic E-state index is 12.1. The van der Waals surface area contributed by atoms with Crippen LogP contribution in [0.15, 0.2) is 72.8 Å². The molecule has 1 aliphatic rings. The summed E-state index contributed by atoms with van der Waals surface area (Å²) in [6, 6.07) is 23.3. The molecule has 180 valence electrons. The van der Waals surface area contributed by atoms with Crippen LogP contribution >= 0.6 is 0 Å². The second-order valence-electron chi connectivity index (χ2n) is 8.49. The molecule has 0 radical (unpaired) electrons. The summed E-state index contributed by atoms with van der Waals surface area (Å²) in [5, 5.41) is 5.17. The molecule has 1 aliphatic heterocycles. The molecule has 0 fully saturated rings. The van der Waals surface area contributed by atoms with Gasteiger partial charge >= 0.3 is 17.8 Å². The lowest BCUT2D eigenvalue weighted by atomic mass is 9.99. The number of carbonyl (C=O) groups excluding carboxylic acids is 3. The van der Waals surface area contributed by atoms with Crippen molar-refractivity contribution in [3.63, 3.8) is 0 Å². The number of aryl methyl sites for hydroxylation is 1. The van der Waals surface area contributed by atoms with Gasteiger partial charge in [-0.3, -0.25) is 9.59 Å². The lowest BCUT2D eigenvalue weighted by Gasteiger charge is -2.30. The minimum absolute atomic E-state index is 0.365. The summed E-state index contributed by atoms with van der Waals surface area (Å²) < 4.78 is 4.63. The highest BCUT2D eigenvalue weighted by atomic mass is 16.5. The summed E-state index contributed by atoms with van der Waals surface area (Å²) in [7, 11) is 1.30. The SMILES string of the molecule is COC(=O)c1ccc(NC(=O)C(=O)NCCCc2ccc(N3CCc4ccccc4C3)cc2)cc1. The molecule has 0 aromatic heterocycles. The Labute approximate surface area is 205 Å². The maximum atomic E-state index is 12.1. The van der Waals surface area contributed by atoms with Gasteiger partial charge in [-0.15, -0.1) is 0 Å². The molecule has 0 saturated carbocycles. The average Bonchev–Trinajstić information content (AvgIpc) is 2.91. The monoisotopic (exact) mass is 471 g/mol. The topological polar surface area (TPSA) is 87.7 Å². The maximum Gasteiger partial charge on any atom is 0.337 e. The first-order chi connectivity index (χ1) is 17.0. The number of carbonyl (C=O) groups is 3. The zero-order valence-electron chi connectivity index (χ0n) is 19.8. The van der Waals surface area contributed by atoms with Crippen LogP contribution in [0.2, 0.25) is 0 Å². The van der Waals surface area contributed by atoms with Crippen LogP contribution in [-0.4, -0.2) is 38.0 Å². The zero-order valence-corrected chi connectivity index (χ0v) is 19.8. The van der Waals surface area contributed by atoms with E-state index in [2.05, 4.69) is 68.8 Å². The molecule has 35 heavy (non-hydrogen) atoms. The van der Waals surface area contributed by atoms with Crippen LogP contribution in [0.25, 0.3) is 0 Å². The minimum atomic E-state index is -0.747. The lowest BCUT2D eigenvalue weighted by molar-refractivity contribution is -0.136. The Balaban J connectivity index is 1.18. The number of nitrogens with one attached hydrogen (secondary N) is 2. The average molecular weight is 472 g/mol. The predicted molar refractivity (Wildman–Crippen MR) is 135 cm³/mol. The fourth-order valence-corrected chi connectivity index (χ4v) is 4.16. The Morgan fingerprint density at radius 2 is 1.60 bits per heavy atom. The van der Waals surface area contributed by atoms with E-state index >= 15 is 0 Å². The minimum Gasteiger partial charge on any atom is -0.465 e. The summed E-state index contributed by atoms with van der Waals surface area (Å²) in [5.41, 5.74) is 6.02. The highest BCUT2D eigenvalue weighted by Crippen LogP contribution is 2.24. The molecule has 0 spiro atoms. The van der Waals surface area contributed by atoms with Gasteiger partial charge in [0.2, 0.25) is 0 Å². The Morgan fingerprint density at radius 3 is 2.31 bits per heavy atom. The van der Waals surface area contributed by atoms with Gasteiger partial charge in [0.1, 0.15) is 0 Å². The van der Waals surface area contributed by atoms with Crippen LogP contribution in [0.1, 0.15) is 33.5 Å². The van der Waals surface area contributed by atoms with Crippen molar-refractivity contribution in [3.8, 4) is 0 Å². The Morgan fingerprint density at radius 1 is 0.886 bits per heavy atom. The number of hydrogen-bond acceptors (Lipinski definition) is 5. The number of benzene rings is 3. The molecule has 3 aromatic carbocycles. The van der Waals surface area contributed by atoms with E-state index in [0.717, 1.165) is 32.4 Å². The van der Waals surface area contributed by atoms with Crippen molar-refractivity contribution in [2.75, 3.05) is 30.4 Å². The molecule has 4 rings (SSSR count). The Hall–Kier alpha value is -4.13. The van der Waals surface area contributed by atoms with Crippen molar-refractivity contribution in [2.24, 2.45) is 0 Å². The Bertz CT molecular complexity index is 1190. The van der Waals surface area contributed by atoms with Crippen molar-refractivity contribution in [1.29, 1.82) is 0 Å². The van der Waals surface area contributed by atoms with Gasteiger partial charge in [0.25, 0.3) is 0 Å². The van der Waals surface area contributed by atoms with Gasteiger partial charge in [-0.1, -0.05) is 36.4 Å². The van der Waals surface area contributed by atoms with E-state index in [-0.39, 0.29) is 0 Å². The van der Waals surface area contributed by atoms with Gasteiger partial charge in [-0.2, -0.15) is 0 Å². The first-order valence-electron chi connectivity index (χ1n) is 11.7. The van der Waals surface area contributed by atoms with Gasteiger partial charge in [-0.25, -0.2) is 4.79 Å². The molecule has 7 heteroatoms. The highest BCUT2D eigenvalue weighted by Gasteiger charge is 2.16. The highest BCUT2D eigenvalue weighted by molar-refractivity contribution is 6.39. The molecule has 0 atom stereocenters. The first-order valence-corrected chi connectivity index (χ1v) is 11.7. The molecule has 0 aliphatic carbocycles. The summed E-state index contributed by atoms with van der Waals surface area (Å²) in [5.74, 6) is -1.90. The van der Waals surface area contributed by atoms with Crippen LogP contribution in [0.4, 0.5) is 11.4 Å². The molecule has 0 unspecified atom stereocenters. The van der Waals surface area contributed by atoms with Crippen molar-refractivity contribution >= 4 is 29.2 Å². The predicted octanol–water partition coefficient (Wildman–Crippen LogP) is 3.72. The molecular weight excluding hydrogens is 442 g/mol. The number of fused-ring (bicyclic) bond motifs is 1. The molecule has 1 heterocycles. The number of amides is 2. The fraction of sp³-hybridized carbons (Fsp3) is 0.250. The molecule has 2 N–H and O–H groups in total. The van der Waals surface area contributed by atoms with Crippen LogP contribution in [0.5, 0.6) is 0 Å². The third-order valence-electron chi connectivity index (χ3n) is 6.13. The molecule has 3 aromatic rings. The van der Waals surface area contributed by atoms with Crippen molar-refractivity contribution in [1.82, 2.24) is 5.32 Å². The van der Waals surface area contributed by atoms with Crippen LogP contribution in [0, 0.1) is 0 Å². The standard InChI is InChI=1S/C28H29N3O4/c1-35-28(34)22-10-12-24(13-11-22)30-27(33)26(32)29-17-4-5-20-8-14-25(15-9-20)31-18-16-21-6-2-3-7-23(21)19-31/h2-3,6-15H,4-5,16-19H2,1H3,(H,29,32)(H,30,33). The second-order valence-corrected chi connectivity index (χ2v) is 8.49. The summed E-state index contributed by atoms with van der Waals surface area (Å²) in [4.78, 5) is 38.0. The fourth-order valence-electron chi connectivity index (χ4n) is 4.16. The van der Waals surface area contributed by atoms with Gasteiger partial charge in [0.05, 0.1) is 12.7 Å². The molecule has 0 saturated heterocycles. The van der Waals surface area contributed by atoms with E-state index in [4.69, 9.17) is 0 Å². The number of nitrogens with zero attached hydrogens (tertiary/aromatic N) is 1. The molecule has 7 nitrogen and oxygen atoms in total. The normalized spacial score (nSPS) is 12.4. The van der Waals surface area contributed by atoms with Gasteiger partial charge in [0.15, 0.2) is 0 Å². The van der Waals surface area contributed by atoms with Crippen LogP contribution in [-0.2, 0) is 33.7 Å². The second kappa shape index (κ2) is 11.3. The van der Waals surface area contributed by atoms with Crippen LogP contribution < -0.4 is 15.5 Å². The van der Waals surface area contributed by atoms with Gasteiger partial charge in [0, 0.05) is 31.0 Å². The Kier molecular flexibility index (Phi) is 7.77. The summed E-state index contributed by atoms with van der Waals surface area (Å²) in [6.45, 7) is 2.34. The number of rotatable bonds is 7. The van der Waals surface area contributed by atoms with E-state index in [0.29, 0.717) is 17.8 Å². The number of hydrogen-bond donors (Lipinski definition) is 2. The quantitative estimate of drug-likeness (QED) is 0.312.